The Bertz CT molecular complexity index is 1660. The first-order valence-electron chi connectivity index (χ1n) is 12.9. The molecule has 43 heavy (non-hydrogen) atoms. The van der Waals surface area contributed by atoms with Gasteiger partial charge in [-0.1, -0.05) is 35.4 Å². The summed E-state index contributed by atoms with van der Waals surface area (Å²) in [6, 6.07) is 14.3. The topological polar surface area (TPSA) is 144 Å². The summed E-state index contributed by atoms with van der Waals surface area (Å²) in [5.74, 6) is -4.67. The Morgan fingerprint density at radius 1 is 0.884 bits per heavy atom. The van der Waals surface area contributed by atoms with Gasteiger partial charge in [-0.2, -0.15) is 5.01 Å². The van der Waals surface area contributed by atoms with Crippen LogP contribution in [0.4, 0.5) is 5.69 Å². The van der Waals surface area contributed by atoms with Crippen molar-refractivity contribution < 1.29 is 33.6 Å². The molecule has 1 saturated heterocycles. The van der Waals surface area contributed by atoms with Gasteiger partial charge in [-0.15, -0.1) is 0 Å². The zero-order chi connectivity index (χ0) is 30.8. The number of benzene rings is 3. The number of nitro benzene ring substituents is 1. The molecule has 0 unspecified atom stereocenters. The van der Waals surface area contributed by atoms with Crippen LogP contribution in [-0.4, -0.2) is 51.0 Å². The minimum atomic E-state index is -0.859. The van der Waals surface area contributed by atoms with E-state index in [1.165, 1.54) is 54.6 Å². The van der Waals surface area contributed by atoms with E-state index in [4.69, 9.17) is 27.9 Å². The van der Waals surface area contributed by atoms with Gasteiger partial charge in [0, 0.05) is 28.3 Å². The zero-order valence-corrected chi connectivity index (χ0v) is 23.7. The number of allylic oxidation sites excluding steroid dienone is 2. The fourth-order valence-corrected chi connectivity index (χ4v) is 5.37. The van der Waals surface area contributed by atoms with Crippen LogP contribution >= 0.6 is 23.2 Å². The molecule has 0 aromatic heterocycles. The lowest BCUT2D eigenvalue weighted by Crippen LogP contribution is -2.52. The van der Waals surface area contributed by atoms with Crippen molar-refractivity contribution in [3.63, 3.8) is 0 Å². The van der Waals surface area contributed by atoms with E-state index in [0.29, 0.717) is 17.9 Å². The molecule has 218 valence electrons. The number of nitro groups is 1. The molecule has 3 aromatic carbocycles. The lowest BCUT2D eigenvalue weighted by atomic mass is 9.85. The second-order valence-electron chi connectivity index (χ2n) is 9.77. The predicted molar refractivity (Wildman–Crippen MR) is 154 cm³/mol. The Labute approximate surface area is 254 Å². The van der Waals surface area contributed by atoms with Gasteiger partial charge in [0.05, 0.1) is 27.3 Å². The number of hydrazine groups is 1. The van der Waals surface area contributed by atoms with Crippen LogP contribution in [0, 0.1) is 22.0 Å². The van der Waals surface area contributed by atoms with Crippen LogP contribution in [0.15, 0.2) is 78.9 Å². The maximum atomic E-state index is 13.6. The highest BCUT2D eigenvalue weighted by Crippen LogP contribution is 2.36. The number of ketones is 1. The smallest absolute Gasteiger partial charge is 0.345 e. The van der Waals surface area contributed by atoms with Gasteiger partial charge in [0.15, 0.2) is 5.78 Å². The largest absolute Gasteiger partial charge is 0.423 e. The van der Waals surface area contributed by atoms with Crippen molar-refractivity contribution in [3.8, 4) is 5.75 Å². The van der Waals surface area contributed by atoms with Crippen LogP contribution in [0.25, 0.3) is 0 Å². The molecule has 0 bridgehead atoms. The molecular weight excluding hydrogens is 601 g/mol. The van der Waals surface area contributed by atoms with Crippen molar-refractivity contribution in [2.45, 2.75) is 12.8 Å². The fourth-order valence-electron chi connectivity index (χ4n) is 4.88. The summed E-state index contributed by atoms with van der Waals surface area (Å²) in [6.45, 7) is -0.681. The molecule has 2 aliphatic rings. The van der Waals surface area contributed by atoms with E-state index in [1.807, 2.05) is 0 Å². The quantitative estimate of drug-likeness (QED) is 0.0625. The summed E-state index contributed by atoms with van der Waals surface area (Å²) in [7, 11) is 0. The van der Waals surface area contributed by atoms with Gasteiger partial charge >= 0.3 is 5.97 Å². The highest BCUT2D eigenvalue weighted by atomic mass is 35.5. The zero-order valence-electron chi connectivity index (χ0n) is 22.1. The van der Waals surface area contributed by atoms with Crippen molar-refractivity contribution in [1.29, 1.82) is 0 Å². The summed E-state index contributed by atoms with van der Waals surface area (Å²) in [4.78, 5) is 76.5. The Morgan fingerprint density at radius 3 is 2.02 bits per heavy atom. The normalized spacial score (nSPS) is 17.4. The van der Waals surface area contributed by atoms with Crippen molar-refractivity contribution in [1.82, 2.24) is 10.0 Å². The standard InChI is InChI=1S/C30H21Cl2N3O8/c31-19-9-14-24(25(32)15-19)30(40)43-21-12-7-17(8-13-21)26(36)16-33(27(37)18-5-10-20(11-6-18)35(41)42)34-28(38)22-3-1-2-4-23(22)29(34)39/h1-2,5-15,22-23H,3-4,16H2/t22-,23-/m0/s1. The van der Waals surface area contributed by atoms with E-state index in [1.54, 1.807) is 12.2 Å². The maximum absolute atomic E-state index is 13.6. The number of Topliss-reactive ketones (excluding diaryl/α,β-unsaturated/α-hetero) is 1. The van der Waals surface area contributed by atoms with Gasteiger partial charge in [0.2, 0.25) is 0 Å². The highest BCUT2D eigenvalue weighted by Gasteiger charge is 2.51. The molecule has 11 nitrogen and oxygen atoms in total. The first kappa shape index (κ1) is 29.6. The van der Waals surface area contributed by atoms with E-state index < -0.39 is 52.8 Å². The van der Waals surface area contributed by atoms with Crippen LogP contribution in [0.5, 0.6) is 5.75 Å². The lowest BCUT2D eigenvalue weighted by Gasteiger charge is -2.30. The number of non-ortho nitro benzene ring substituents is 1. The van der Waals surface area contributed by atoms with Crippen molar-refractivity contribution in [2.24, 2.45) is 11.8 Å². The van der Waals surface area contributed by atoms with Crippen LogP contribution < -0.4 is 4.74 Å². The summed E-state index contributed by atoms with van der Waals surface area (Å²) >= 11 is 11.9. The van der Waals surface area contributed by atoms with Gasteiger partial charge in [0.25, 0.3) is 23.4 Å². The number of hydrogen-bond donors (Lipinski definition) is 0. The summed E-state index contributed by atoms with van der Waals surface area (Å²) in [5.41, 5.74) is -0.134. The molecule has 1 heterocycles. The van der Waals surface area contributed by atoms with Gasteiger partial charge in [0.1, 0.15) is 12.3 Å². The monoisotopic (exact) mass is 621 g/mol. The van der Waals surface area contributed by atoms with Crippen LogP contribution in [-0.2, 0) is 9.59 Å². The maximum Gasteiger partial charge on any atom is 0.345 e. The third-order valence-electron chi connectivity index (χ3n) is 7.12. The summed E-state index contributed by atoms with van der Waals surface area (Å²) in [5, 5.41) is 13.0. The number of imide groups is 1. The van der Waals surface area contributed by atoms with E-state index in [2.05, 4.69) is 0 Å². The molecule has 13 heteroatoms. The first-order valence-corrected chi connectivity index (χ1v) is 13.7. The molecule has 1 aliphatic carbocycles. The number of carbonyl (C=O) groups excluding carboxylic acids is 5. The molecule has 0 N–H and O–H groups in total. The molecule has 1 aliphatic heterocycles. The van der Waals surface area contributed by atoms with Gasteiger partial charge < -0.3 is 4.74 Å². The van der Waals surface area contributed by atoms with Gasteiger partial charge in [-0.05, 0) is 67.4 Å². The Hall–Kier alpha value is -4.87. The van der Waals surface area contributed by atoms with Crippen LogP contribution in [0.3, 0.4) is 0 Å². The summed E-state index contributed by atoms with van der Waals surface area (Å²) < 4.78 is 5.33. The summed E-state index contributed by atoms with van der Waals surface area (Å²) in [6.07, 6.45) is 4.22. The van der Waals surface area contributed by atoms with Gasteiger partial charge in [-0.3, -0.25) is 29.3 Å². The second kappa shape index (κ2) is 12.2. The number of rotatable bonds is 8. The molecule has 2 atom stereocenters. The van der Waals surface area contributed by atoms with E-state index in [9.17, 15) is 34.1 Å². The first-order chi connectivity index (χ1) is 20.5. The van der Waals surface area contributed by atoms with Crippen molar-refractivity contribution in [2.75, 3.05) is 6.54 Å². The number of fused-ring (bicyclic) bond motifs is 1. The van der Waals surface area contributed by atoms with Crippen molar-refractivity contribution >= 4 is 58.4 Å². The lowest BCUT2D eigenvalue weighted by molar-refractivity contribution is -0.384. The molecule has 0 radical (unpaired) electrons. The fraction of sp³-hybridized carbons (Fsp3) is 0.167. The number of amides is 3. The second-order valence-corrected chi connectivity index (χ2v) is 10.6. The number of halogens is 2. The van der Waals surface area contributed by atoms with E-state index in [-0.39, 0.29) is 33.1 Å². The average Bonchev–Trinajstić information content (AvgIpc) is 3.25. The third kappa shape index (κ3) is 6.04. The van der Waals surface area contributed by atoms with Crippen LogP contribution in [0.2, 0.25) is 10.0 Å². The van der Waals surface area contributed by atoms with E-state index >= 15 is 0 Å². The minimum absolute atomic E-state index is 0.0601. The molecular formula is C30H21Cl2N3O8. The average molecular weight is 622 g/mol. The molecule has 0 spiro atoms. The Kier molecular flexibility index (Phi) is 8.38. The molecule has 1 fully saturated rings. The molecule has 3 amide bonds. The number of hydrogen-bond acceptors (Lipinski definition) is 8. The third-order valence-corrected chi connectivity index (χ3v) is 7.66. The van der Waals surface area contributed by atoms with Gasteiger partial charge in [-0.25, -0.2) is 9.80 Å². The van der Waals surface area contributed by atoms with Crippen molar-refractivity contribution in [3.05, 3.63) is 116 Å². The Morgan fingerprint density at radius 2 is 1.47 bits per heavy atom. The highest BCUT2D eigenvalue weighted by molar-refractivity contribution is 6.36. The predicted octanol–water partition coefficient (Wildman–Crippen LogP) is 5.31. The minimum Gasteiger partial charge on any atom is -0.423 e. The molecule has 3 aromatic rings. The SMILES string of the molecule is O=C(CN(C(=O)c1ccc([N+](=O)[O-])cc1)N1C(=O)[C@H]2CC=CC[C@@H]2C1=O)c1ccc(OC(=O)c2ccc(Cl)cc2Cl)cc1. The van der Waals surface area contributed by atoms with Crippen LogP contribution in [0.1, 0.15) is 43.9 Å². The molecule has 0 saturated carbocycles. The number of carbonyl (C=O) groups is 5. The van der Waals surface area contributed by atoms with E-state index in [0.717, 1.165) is 22.2 Å². The Balaban J connectivity index is 1.38. The number of esters is 1. The molecule has 5 rings (SSSR count). The number of ether oxygens (including phenoxy) is 1. The number of nitrogens with zero attached hydrogens (tertiary/aromatic N) is 3.